The number of aromatic nitrogens is 3. The molecule has 0 N–H and O–H groups in total. The highest BCUT2D eigenvalue weighted by Gasteiger charge is 2.19. The van der Waals surface area contributed by atoms with E-state index in [0.717, 1.165) is 72.3 Å². The van der Waals surface area contributed by atoms with Crippen LogP contribution in [0.1, 0.15) is 0 Å². The first kappa shape index (κ1) is 32.4. The van der Waals surface area contributed by atoms with Gasteiger partial charge in [-0.2, -0.15) is 0 Å². The first-order valence-corrected chi connectivity index (χ1v) is 19.6. The number of nitrogens with zero attached hydrogens (tertiary/aromatic N) is 3. The minimum atomic E-state index is 0.665. The molecule has 4 nitrogen and oxygen atoms in total. The fourth-order valence-corrected chi connectivity index (χ4v) is 8.88. The van der Waals surface area contributed by atoms with Crippen molar-refractivity contribution in [1.29, 1.82) is 0 Å². The van der Waals surface area contributed by atoms with Crippen LogP contribution in [-0.2, 0) is 0 Å². The lowest BCUT2D eigenvalue weighted by atomic mass is 9.91. The molecule has 3 heterocycles. The van der Waals surface area contributed by atoms with Crippen molar-refractivity contribution in [2.45, 2.75) is 0 Å². The lowest BCUT2D eigenvalue weighted by molar-refractivity contribution is 0.669. The molecular formula is C54H33N3O. The van der Waals surface area contributed by atoms with E-state index in [4.69, 9.17) is 14.4 Å². The molecule has 0 amide bonds. The lowest BCUT2D eigenvalue weighted by Crippen LogP contribution is -1.99. The largest absolute Gasteiger partial charge is 0.456 e. The van der Waals surface area contributed by atoms with Gasteiger partial charge < -0.3 is 8.98 Å². The molecule has 0 saturated carbocycles. The second-order valence-corrected chi connectivity index (χ2v) is 15.0. The monoisotopic (exact) mass is 739 g/mol. The van der Waals surface area contributed by atoms with Gasteiger partial charge in [0.1, 0.15) is 11.2 Å². The minimum Gasteiger partial charge on any atom is -0.456 e. The van der Waals surface area contributed by atoms with Gasteiger partial charge in [-0.1, -0.05) is 140 Å². The summed E-state index contributed by atoms with van der Waals surface area (Å²) in [5.74, 6) is 0.665. The van der Waals surface area contributed by atoms with Gasteiger partial charge in [-0.3, -0.25) is 0 Å². The zero-order chi connectivity index (χ0) is 38.2. The van der Waals surface area contributed by atoms with E-state index in [9.17, 15) is 0 Å². The van der Waals surface area contributed by atoms with Gasteiger partial charge in [-0.25, -0.2) is 9.97 Å². The van der Waals surface area contributed by atoms with Crippen LogP contribution < -0.4 is 0 Å². The Kier molecular flexibility index (Phi) is 7.20. The van der Waals surface area contributed by atoms with Crippen molar-refractivity contribution in [2.75, 3.05) is 0 Å². The molecule has 0 atom stereocenters. The Morgan fingerprint density at radius 1 is 0.345 bits per heavy atom. The predicted octanol–water partition coefficient (Wildman–Crippen LogP) is 14.4. The topological polar surface area (TPSA) is 43.9 Å². The molecule has 0 aliphatic heterocycles. The van der Waals surface area contributed by atoms with Crippen LogP contribution in [0.5, 0.6) is 0 Å². The quantitative estimate of drug-likeness (QED) is 0.165. The number of hydrogen-bond donors (Lipinski definition) is 0. The molecule has 4 heteroatoms. The van der Waals surface area contributed by atoms with E-state index >= 15 is 0 Å². The lowest BCUT2D eigenvalue weighted by Gasteiger charge is -2.17. The molecule has 0 unspecified atom stereocenters. The second kappa shape index (κ2) is 12.9. The predicted molar refractivity (Wildman–Crippen MR) is 240 cm³/mol. The number of rotatable bonds is 5. The van der Waals surface area contributed by atoms with Crippen LogP contribution in [-0.4, -0.2) is 14.5 Å². The summed E-state index contributed by atoms with van der Waals surface area (Å²) in [7, 11) is 0. The van der Waals surface area contributed by atoms with Crippen LogP contribution in [0, 0.1) is 0 Å². The van der Waals surface area contributed by atoms with Crippen LogP contribution in [0.3, 0.4) is 0 Å². The van der Waals surface area contributed by atoms with E-state index in [0.29, 0.717) is 5.82 Å². The van der Waals surface area contributed by atoms with Crippen molar-refractivity contribution < 1.29 is 4.42 Å². The van der Waals surface area contributed by atoms with Gasteiger partial charge in [0, 0.05) is 43.9 Å². The Hall–Kier alpha value is -7.82. The van der Waals surface area contributed by atoms with Crippen molar-refractivity contribution in [3.05, 3.63) is 200 Å². The number of hydrogen-bond acceptors (Lipinski definition) is 3. The molecule has 0 saturated heterocycles. The van der Waals surface area contributed by atoms with Crippen molar-refractivity contribution in [3.8, 4) is 50.7 Å². The fraction of sp³-hybridized carbons (Fsp3) is 0. The van der Waals surface area contributed by atoms with Gasteiger partial charge in [-0.15, -0.1) is 0 Å². The molecule has 0 fully saturated rings. The number of para-hydroxylation sites is 3. The third-order valence-corrected chi connectivity index (χ3v) is 11.6. The van der Waals surface area contributed by atoms with Crippen LogP contribution in [0.15, 0.2) is 205 Å². The highest BCUT2D eigenvalue weighted by atomic mass is 16.3. The first-order chi connectivity index (χ1) is 28.7. The molecule has 0 aliphatic carbocycles. The summed E-state index contributed by atoms with van der Waals surface area (Å²) in [6, 6.07) is 71.1. The molecule has 0 aliphatic rings. The SMILES string of the molecule is c1ccc(-c2nc(-c3cc(-c4cc5ccccc5c5ccccc45)cc(-n4c5ccccc5c5ccccc54)c3)cc(-c3ccc4c(c3)oc3ccccc34)n2)cc1. The molecule has 58 heavy (non-hydrogen) atoms. The van der Waals surface area contributed by atoms with Crippen LogP contribution in [0.25, 0.3) is 116 Å². The van der Waals surface area contributed by atoms with E-state index < -0.39 is 0 Å². The number of furan rings is 1. The molecule has 9 aromatic carbocycles. The molecule has 0 bridgehead atoms. The maximum absolute atomic E-state index is 6.36. The molecule has 3 aromatic heterocycles. The second-order valence-electron chi connectivity index (χ2n) is 15.0. The molecular weight excluding hydrogens is 707 g/mol. The van der Waals surface area contributed by atoms with E-state index in [2.05, 4.69) is 174 Å². The summed E-state index contributed by atoms with van der Waals surface area (Å²) in [4.78, 5) is 10.6. The van der Waals surface area contributed by atoms with E-state index in [1.165, 1.54) is 37.9 Å². The average Bonchev–Trinajstić information content (AvgIpc) is 3.84. The summed E-state index contributed by atoms with van der Waals surface area (Å²) in [6.45, 7) is 0. The highest BCUT2D eigenvalue weighted by Crippen LogP contribution is 2.41. The Morgan fingerprint density at radius 2 is 0.931 bits per heavy atom. The number of benzene rings is 9. The number of fused-ring (bicyclic) bond motifs is 9. The van der Waals surface area contributed by atoms with Gasteiger partial charge in [0.15, 0.2) is 5.82 Å². The molecule has 0 radical (unpaired) electrons. The van der Waals surface area contributed by atoms with E-state index in [-0.39, 0.29) is 0 Å². The Labute approximate surface area is 333 Å². The first-order valence-electron chi connectivity index (χ1n) is 19.6. The van der Waals surface area contributed by atoms with Crippen molar-refractivity contribution in [2.24, 2.45) is 0 Å². The third-order valence-electron chi connectivity index (χ3n) is 11.6. The third kappa shape index (κ3) is 5.16. The summed E-state index contributed by atoms with van der Waals surface area (Å²) in [6.07, 6.45) is 0. The minimum absolute atomic E-state index is 0.665. The van der Waals surface area contributed by atoms with E-state index in [1.54, 1.807) is 0 Å². The molecule has 0 spiro atoms. The van der Waals surface area contributed by atoms with E-state index in [1.807, 2.05) is 30.3 Å². The molecule has 270 valence electrons. The summed E-state index contributed by atoms with van der Waals surface area (Å²) >= 11 is 0. The maximum Gasteiger partial charge on any atom is 0.160 e. The van der Waals surface area contributed by atoms with Crippen LogP contribution >= 0.6 is 0 Å². The Bertz CT molecular complexity index is 3520. The van der Waals surface area contributed by atoms with Crippen LogP contribution in [0.4, 0.5) is 0 Å². The summed E-state index contributed by atoms with van der Waals surface area (Å²) in [5.41, 5.74) is 11.9. The Morgan fingerprint density at radius 3 is 1.71 bits per heavy atom. The average molecular weight is 740 g/mol. The maximum atomic E-state index is 6.36. The highest BCUT2D eigenvalue weighted by molar-refractivity contribution is 6.14. The standard InChI is InChI=1S/C54H33N3O/c1-2-14-34(15-3-1)54-55-48(36-26-27-46-45-22-10-13-25-52(45)58-53(46)32-36)33-49(56-54)38-28-37(47-31-35-16-4-5-17-40(35)41-18-6-7-19-42(41)47)29-39(30-38)57-50-23-11-8-20-43(50)44-21-9-12-24-51(44)57/h1-33H. The zero-order valence-corrected chi connectivity index (χ0v) is 31.3. The molecule has 12 rings (SSSR count). The summed E-state index contributed by atoms with van der Waals surface area (Å²) < 4.78 is 8.76. The summed E-state index contributed by atoms with van der Waals surface area (Å²) in [5, 5.41) is 9.52. The van der Waals surface area contributed by atoms with Gasteiger partial charge in [0.05, 0.1) is 22.4 Å². The fourth-order valence-electron chi connectivity index (χ4n) is 8.88. The van der Waals surface area contributed by atoms with Crippen LogP contribution in [0.2, 0.25) is 0 Å². The Balaban J connectivity index is 1.15. The zero-order valence-electron chi connectivity index (χ0n) is 31.3. The normalized spacial score (nSPS) is 11.8. The molecule has 12 aromatic rings. The van der Waals surface area contributed by atoms with Gasteiger partial charge in [0.2, 0.25) is 0 Å². The smallest absolute Gasteiger partial charge is 0.160 e. The van der Waals surface area contributed by atoms with Crippen molar-refractivity contribution in [1.82, 2.24) is 14.5 Å². The van der Waals surface area contributed by atoms with Gasteiger partial charge in [0.25, 0.3) is 0 Å². The van der Waals surface area contributed by atoms with Crippen molar-refractivity contribution in [3.63, 3.8) is 0 Å². The van der Waals surface area contributed by atoms with Gasteiger partial charge in [-0.05, 0) is 93.3 Å². The van der Waals surface area contributed by atoms with Crippen molar-refractivity contribution >= 4 is 65.3 Å². The van der Waals surface area contributed by atoms with Gasteiger partial charge >= 0.3 is 0 Å².